The minimum atomic E-state index is -0.0341. The van der Waals surface area contributed by atoms with Crippen molar-refractivity contribution in [1.29, 1.82) is 0 Å². The lowest BCUT2D eigenvalue weighted by Crippen LogP contribution is -2.37. The summed E-state index contributed by atoms with van der Waals surface area (Å²) in [5, 5.41) is 3.07. The number of amides is 1. The van der Waals surface area contributed by atoms with Gasteiger partial charge in [-0.1, -0.05) is 25.7 Å². The molecule has 1 fully saturated rings. The number of aryl methyl sites for hydroxylation is 1. The van der Waals surface area contributed by atoms with E-state index in [9.17, 15) is 4.79 Å². The topological polar surface area (TPSA) is 64.3 Å². The third-order valence-electron chi connectivity index (χ3n) is 3.78. The van der Waals surface area contributed by atoms with Crippen LogP contribution in [0.25, 0.3) is 0 Å². The molecule has 0 aliphatic heterocycles. The minimum Gasteiger partial charge on any atom is -0.484 e. The van der Waals surface area contributed by atoms with Crippen LogP contribution >= 0.6 is 0 Å². The first-order valence-corrected chi connectivity index (χ1v) is 7.43. The molecule has 3 N–H and O–H groups in total. The Kier molecular flexibility index (Phi) is 5.27. The van der Waals surface area contributed by atoms with Crippen LogP contribution in [0.5, 0.6) is 5.75 Å². The lowest BCUT2D eigenvalue weighted by Gasteiger charge is -2.16. The Balaban J connectivity index is 1.79. The molecule has 1 aliphatic carbocycles. The molecule has 1 aromatic carbocycles. The average molecular weight is 276 g/mol. The van der Waals surface area contributed by atoms with Gasteiger partial charge >= 0.3 is 0 Å². The summed E-state index contributed by atoms with van der Waals surface area (Å²) in [5.74, 6) is 0.684. The molecular formula is C16H24N2O2. The van der Waals surface area contributed by atoms with Crippen molar-refractivity contribution in [2.45, 2.75) is 51.5 Å². The van der Waals surface area contributed by atoms with Crippen LogP contribution < -0.4 is 15.8 Å². The highest BCUT2D eigenvalue weighted by Crippen LogP contribution is 2.20. The van der Waals surface area contributed by atoms with E-state index in [4.69, 9.17) is 10.5 Å². The van der Waals surface area contributed by atoms with E-state index in [1.165, 1.54) is 25.7 Å². The molecule has 0 spiro atoms. The summed E-state index contributed by atoms with van der Waals surface area (Å²) < 4.78 is 5.56. The van der Waals surface area contributed by atoms with Crippen LogP contribution in [0.3, 0.4) is 0 Å². The molecular weight excluding hydrogens is 252 g/mol. The number of nitrogens with two attached hydrogens (primary N) is 1. The molecule has 0 unspecified atom stereocenters. The summed E-state index contributed by atoms with van der Waals surface area (Å²) >= 11 is 0. The lowest BCUT2D eigenvalue weighted by atomic mass is 10.1. The zero-order valence-electron chi connectivity index (χ0n) is 12.2. The summed E-state index contributed by atoms with van der Waals surface area (Å²) in [6.07, 6.45) is 7.17. The van der Waals surface area contributed by atoms with E-state index in [2.05, 4.69) is 5.32 Å². The van der Waals surface area contributed by atoms with Crippen LogP contribution in [-0.4, -0.2) is 18.6 Å². The van der Waals surface area contributed by atoms with Crippen molar-refractivity contribution in [1.82, 2.24) is 5.32 Å². The highest BCUT2D eigenvalue weighted by atomic mass is 16.5. The molecule has 2 rings (SSSR count). The van der Waals surface area contributed by atoms with Crippen LogP contribution in [0.1, 0.15) is 44.1 Å². The first-order chi connectivity index (χ1) is 9.65. The molecule has 0 saturated heterocycles. The van der Waals surface area contributed by atoms with Gasteiger partial charge in [0.25, 0.3) is 5.91 Å². The van der Waals surface area contributed by atoms with Crippen LogP contribution in [0, 0.1) is 6.92 Å². The Morgan fingerprint density at radius 2 is 2.00 bits per heavy atom. The van der Waals surface area contributed by atoms with Crippen LogP contribution in [0.2, 0.25) is 0 Å². The number of nitrogens with one attached hydrogen (secondary N) is 1. The fourth-order valence-corrected chi connectivity index (χ4v) is 2.67. The average Bonchev–Trinajstić information content (AvgIpc) is 2.66. The smallest absolute Gasteiger partial charge is 0.258 e. The van der Waals surface area contributed by atoms with Crippen molar-refractivity contribution < 1.29 is 9.53 Å². The Labute approximate surface area is 120 Å². The standard InChI is InChI=1S/C16H24N2O2/c1-12-10-13(17)8-9-15(12)20-11-16(19)18-14-6-4-2-3-5-7-14/h8-10,14H,2-7,11,17H2,1H3,(H,18,19). The number of hydrogen-bond donors (Lipinski definition) is 2. The molecule has 20 heavy (non-hydrogen) atoms. The molecule has 0 atom stereocenters. The molecule has 0 radical (unpaired) electrons. The fraction of sp³-hybridized carbons (Fsp3) is 0.562. The molecule has 4 heteroatoms. The van der Waals surface area contributed by atoms with E-state index in [-0.39, 0.29) is 12.5 Å². The first-order valence-electron chi connectivity index (χ1n) is 7.43. The fourth-order valence-electron chi connectivity index (χ4n) is 2.67. The Morgan fingerprint density at radius 1 is 1.30 bits per heavy atom. The van der Waals surface area contributed by atoms with Crippen LogP contribution in [-0.2, 0) is 4.79 Å². The summed E-state index contributed by atoms with van der Waals surface area (Å²) in [7, 11) is 0. The maximum absolute atomic E-state index is 11.9. The normalized spacial score (nSPS) is 16.4. The van der Waals surface area contributed by atoms with Gasteiger partial charge in [-0.05, 0) is 43.5 Å². The number of hydrogen-bond acceptors (Lipinski definition) is 3. The number of ether oxygens (including phenoxy) is 1. The number of benzene rings is 1. The molecule has 0 bridgehead atoms. The van der Waals surface area contributed by atoms with Crippen molar-refractivity contribution in [2.75, 3.05) is 12.3 Å². The first kappa shape index (κ1) is 14.7. The van der Waals surface area contributed by atoms with Gasteiger partial charge < -0.3 is 15.8 Å². The number of anilines is 1. The number of rotatable bonds is 4. The molecule has 1 aliphatic rings. The van der Waals surface area contributed by atoms with Crippen molar-refractivity contribution in [3.63, 3.8) is 0 Å². The molecule has 1 aromatic rings. The SMILES string of the molecule is Cc1cc(N)ccc1OCC(=O)NC1CCCCCC1. The maximum atomic E-state index is 11.9. The second-order valence-corrected chi connectivity index (χ2v) is 5.57. The molecule has 110 valence electrons. The van der Waals surface area contributed by atoms with Gasteiger partial charge in [0.15, 0.2) is 6.61 Å². The summed E-state index contributed by atoms with van der Waals surface area (Å²) in [4.78, 5) is 11.9. The Bertz CT molecular complexity index is 452. The van der Waals surface area contributed by atoms with E-state index in [1.54, 1.807) is 6.07 Å². The van der Waals surface area contributed by atoms with Gasteiger partial charge in [0.05, 0.1) is 0 Å². The highest BCUT2D eigenvalue weighted by Gasteiger charge is 2.15. The molecule has 0 aromatic heterocycles. The van der Waals surface area contributed by atoms with Gasteiger partial charge in [0, 0.05) is 11.7 Å². The monoisotopic (exact) mass is 276 g/mol. The third kappa shape index (κ3) is 4.44. The second kappa shape index (κ2) is 7.17. The summed E-state index contributed by atoms with van der Waals surface area (Å²) in [6.45, 7) is 2.00. The van der Waals surface area contributed by atoms with Crippen molar-refractivity contribution >= 4 is 11.6 Å². The van der Waals surface area contributed by atoms with E-state index >= 15 is 0 Å². The number of nitrogen functional groups attached to an aromatic ring is 1. The van der Waals surface area contributed by atoms with Gasteiger partial charge in [-0.15, -0.1) is 0 Å². The minimum absolute atomic E-state index is 0.0341. The van der Waals surface area contributed by atoms with Gasteiger partial charge in [0.1, 0.15) is 5.75 Å². The summed E-state index contributed by atoms with van der Waals surface area (Å²) in [5.41, 5.74) is 7.34. The van der Waals surface area contributed by atoms with Gasteiger partial charge in [-0.25, -0.2) is 0 Å². The lowest BCUT2D eigenvalue weighted by molar-refractivity contribution is -0.123. The Morgan fingerprint density at radius 3 is 2.65 bits per heavy atom. The van der Waals surface area contributed by atoms with Gasteiger partial charge in [-0.3, -0.25) is 4.79 Å². The summed E-state index contributed by atoms with van der Waals surface area (Å²) in [6, 6.07) is 5.76. The largest absolute Gasteiger partial charge is 0.484 e. The quantitative estimate of drug-likeness (QED) is 0.656. The molecule has 1 amide bonds. The van der Waals surface area contributed by atoms with E-state index < -0.39 is 0 Å². The maximum Gasteiger partial charge on any atom is 0.258 e. The van der Waals surface area contributed by atoms with Gasteiger partial charge in [0.2, 0.25) is 0 Å². The van der Waals surface area contributed by atoms with E-state index in [1.807, 2.05) is 19.1 Å². The van der Waals surface area contributed by atoms with Crippen molar-refractivity contribution in [2.24, 2.45) is 0 Å². The molecule has 0 heterocycles. The number of carbonyl (C=O) groups excluding carboxylic acids is 1. The highest BCUT2D eigenvalue weighted by molar-refractivity contribution is 5.77. The molecule has 4 nitrogen and oxygen atoms in total. The number of carbonyl (C=O) groups is 1. The van der Waals surface area contributed by atoms with Crippen LogP contribution in [0.4, 0.5) is 5.69 Å². The van der Waals surface area contributed by atoms with E-state index in [0.717, 1.165) is 24.2 Å². The second-order valence-electron chi connectivity index (χ2n) is 5.57. The predicted octanol–water partition coefficient (Wildman–Crippen LogP) is 2.80. The van der Waals surface area contributed by atoms with Crippen molar-refractivity contribution in [3.8, 4) is 5.75 Å². The van der Waals surface area contributed by atoms with Crippen molar-refractivity contribution in [3.05, 3.63) is 23.8 Å². The zero-order chi connectivity index (χ0) is 14.4. The Hall–Kier alpha value is -1.71. The van der Waals surface area contributed by atoms with Gasteiger partial charge in [-0.2, -0.15) is 0 Å². The van der Waals surface area contributed by atoms with Crippen LogP contribution in [0.15, 0.2) is 18.2 Å². The van der Waals surface area contributed by atoms with E-state index in [0.29, 0.717) is 11.7 Å². The molecule has 1 saturated carbocycles. The predicted molar refractivity (Wildman–Crippen MR) is 80.7 cm³/mol. The zero-order valence-corrected chi connectivity index (χ0v) is 12.2. The third-order valence-corrected chi connectivity index (χ3v) is 3.78.